The van der Waals surface area contributed by atoms with Gasteiger partial charge in [-0.15, -0.1) is 0 Å². The number of nitriles is 1. The van der Waals surface area contributed by atoms with Crippen LogP contribution < -0.4 is 5.43 Å². The van der Waals surface area contributed by atoms with Gasteiger partial charge in [0.25, 0.3) is 5.88 Å². The van der Waals surface area contributed by atoms with Crippen LogP contribution in [0.1, 0.15) is 50.0 Å². The second kappa shape index (κ2) is 6.57. The maximum absolute atomic E-state index is 9.06. The molecule has 0 aliphatic heterocycles. The summed E-state index contributed by atoms with van der Waals surface area (Å²) in [6.45, 7) is 4.12. The van der Waals surface area contributed by atoms with Gasteiger partial charge in [0.05, 0.1) is 12.5 Å². The summed E-state index contributed by atoms with van der Waals surface area (Å²) in [5.74, 6) is 1.65. The van der Waals surface area contributed by atoms with Crippen molar-refractivity contribution in [2.45, 2.75) is 32.6 Å². The molecular weight excluding hydrogens is 256 g/mol. The molecule has 1 N–H and O–H groups in total. The summed E-state index contributed by atoms with van der Waals surface area (Å²) >= 11 is 0. The zero-order valence-corrected chi connectivity index (χ0v) is 11.5. The number of nitrogens with zero attached hydrogens (tertiary/aromatic N) is 3. The second-order valence-corrected chi connectivity index (χ2v) is 4.24. The second-order valence-electron chi connectivity index (χ2n) is 4.24. The molecule has 0 saturated heterocycles. The summed E-state index contributed by atoms with van der Waals surface area (Å²) in [5, 5.41) is 13.0. The lowest BCUT2D eigenvalue weighted by atomic mass is 10.0. The molecule has 0 saturated carbocycles. The van der Waals surface area contributed by atoms with Crippen LogP contribution in [-0.4, -0.2) is 11.2 Å². The number of hydrazone groups is 1. The Morgan fingerprint density at radius 2 is 2.30 bits per heavy atom. The van der Waals surface area contributed by atoms with E-state index in [2.05, 4.69) is 29.4 Å². The summed E-state index contributed by atoms with van der Waals surface area (Å²) in [5.41, 5.74) is 2.90. The Labute approximate surface area is 117 Å². The molecule has 0 aliphatic carbocycles. The summed E-state index contributed by atoms with van der Waals surface area (Å²) in [7, 11) is 0. The molecule has 0 aliphatic rings. The molecule has 20 heavy (non-hydrogen) atoms. The highest BCUT2D eigenvalue weighted by atomic mass is 16.4. The van der Waals surface area contributed by atoms with Crippen LogP contribution in [0.3, 0.4) is 0 Å². The maximum Gasteiger partial charge on any atom is 0.252 e. The lowest BCUT2D eigenvalue weighted by molar-refractivity contribution is 0.439. The monoisotopic (exact) mass is 272 g/mol. The van der Waals surface area contributed by atoms with E-state index < -0.39 is 0 Å². The molecular formula is C14H16N4O2. The third kappa shape index (κ3) is 3.06. The van der Waals surface area contributed by atoms with E-state index in [4.69, 9.17) is 14.1 Å². The lowest BCUT2D eigenvalue weighted by Crippen LogP contribution is -1.95. The van der Waals surface area contributed by atoms with Gasteiger partial charge in [-0.05, 0) is 25.0 Å². The number of furan rings is 1. The largest absolute Gasteiger partial charge is 0.463 e. The smallest absolute Gasteiger partial charge is 0.252 e. The van der Waals surface area contributed by atoms with Crippen molar-refractivity contribution in [1.82, 2.24) is 4.98 Å². The zero-order valence-electron chi connectivity index (χ0n) is 11.5. The van der Waals surface area contributed by atoms with Crippen LogP contribution in [0, 0.1) is 11.3 Å². The van der Waals surface area contributed by atoms with Gasteiger partial charge >= 0.3 is 0 Å². The molecule has 0 radical (unpaired) electrons. The highest BCUT2D eigenvalue weighted by Gasteiger charge is 2.18. The molecule has 0 unspecified atom stereocenters. The number of oxazole rings is 1. The average Bonchev–Trinajstić information content (AvgIpc) is 3.10. The summed E-state index contributed by atoms with van der Waals surface area (Å²) < 4.78 is 10.7. The minimum Gasteiger partial charge on any atom is -0.463 e. The molecule has 0 atom stereocenters. The van der Waals surface area contributed by atoms with E-state index >= 15 is 0 Å². The molecule has 104 valence electrons. The lowest BCUT2D eigenvalue weighted by Gasteiger charge is -2.05. The Hall–Kier alpha value is -2.55. The van der Waals surface area contributed by atoms with Gasteiger partial charge in [0.1, 0.15) is 11.8 Å². The Balaban J connectivity index is 2.13. The molecule has 0 bridgehead atoms. The van der Waals surface area contributed by atoms with Crippen molar-refractivity contribution in [3.05, 3.63) is 35.7 Å². The summed E-state index contributed by atoms with van der Waals surface area (Å²) in [4.78, 5) is 4.20. The van der Waals surface area contributed by atoms with Gasteiger partial charge < -0.3 is 8.83 Å². The number of anilines is 1. The highest BCUT2D eigenvalue weighted by Crippen LogP contribution is 2.26. The Morgan fingerprint density at radius 1 is 1.50 bits per heavy atom. The van der Waals surface area contributed by atoms with Crippen LogP contribution in [0.15, 0.2) is 32.3 Å². The number of hydrogen-bond acceptors (Lipinski definition) is 6. The van der Waals surface area contributed by atoms with Gasteiger partial charge in [0.2, 0.25) is 11.6 Å². The number of rotatable bonds is 6. The van der Waals surface area contributed by atoms with Gasteiger partial charge in [-0.25, -0.2) is 10.4 Å². The van der Waals surface area contributed by atoms with E-state index in [9.17, 15) is 0 Å². The summed E-state index contributed by atoms with van der Waals surface area (Å²) in [6, 6.07) is 5.53. The van der Waals surface area contributed by atoms with Gasteiger partial charge in [0.15, 0.2) is 0 Å². The Morgan fingerprint density at radius 3 is 2.90 bits per heavy atom. The third-order valence-corrected chi connectivity index (χ3v) is 2.99. The van der Waals surface area contributed by atoms with Crippen molar-refractivity contribution < 1.29 is 8.83 Å². The van der Waals surface area contributed by atoms with Crippen molar-refractivity contribution in [3.8, 4) is 6.07 Å². The number of aromatic nitrogens is 1. The van der Waals surface area contributed by atoms with Crippen LogP contribution in [0.2, 0.25) is 0 Å². The van der Waals surface area contributed by atoms with Crippen LogP contribution in [-0.2, 0) is 0 Å². The van der Waals surface area contributed by atoms with Crippen LogP contribution in [0.25, 0.3) is 0 Å². The predicted molar refractivity (Wildman–Crippen MR) is 74.5 cm³/mol. The molecule has 2 heterocycles. The SMILES string of the molecule is CCC(CC)c1nc(C#N)c(NN=Cc2ccco2)o1. The van der Waals surface area contributed by atoms with Crippen molar-refractivity contribution >= 4 is 12.1 Å². The van der Waals surface area contributed by atoms with E-state index in [1.807, 2.05) is 6.07 Å². The molecule has 0 amide bonds. The normalized spacial score (nSPS) is 11.1. The highest BCUT2D eigenvalue weighted by molar-refractivity contribution is 5.76. The Kier molecular flexibility index (Phi) is 4.56. The van der Waals surface area contributed by atoms with Crippen LogP contribution in [0.5, 0.6) is 0 Å². The topological polar surface area (TPSA) is 87.4 Å². The van der Waals surface area contributed by atoms with Crippen molar-refractivity contribution in [2.24, 2.45) is 5.10 Å². The van der Waals surface area contributed by atoms with Gasteiger partial charge in [-0.1, -0.05) is 13.8 Å². The molecule has 0 aromatic carbocycles. The van der Waals surface area contributed by atoms with Crippen molar-refractivity contribution in [3.63, 3.8) is 0 Å². The maximum atomic E-state index is 9.06. The molecule has 2 rings (SSSR count). The third-order valence-electron chi connectivity index (χ3n) is 2.99. The first-order chi connectivity index (χ1) is 9.78. The first-order valence-corrected chi connectivity index (χ1v) is 6.51. The van der Waals surface area contributed by atoms with Gasteiger partial charge in [0, 0.05) is 5.92 Å². The van der Waals surface area contributed by atoms with Crippen LogP contribution >= 0.6 is 0 Å². The fourth-order valence-corrected chi connectivity index (χ4v) is 1.82. The zero-order chi connectivity index (χ0) is 14.4. The molecule has 6 nitrogen and oxygen atoms in total. The Bertz CT molecular complexity index is 604. The van der Waals surface area contributed by atoms with E-state index in [-0.39, 0.29) is 17.5 Å². The molecule has 2 aromatic heterocycles. The molecule has 6 heteroatoms. The van der Waals surface area contributed by atoms with Gasteiger partial charge in [-0.2, -0.15) is 10.4 Å². The predicted octanol–water partition coefficient (Wildman–Crippen LogP) is 3.49. The minimum absolute atomic E-state index is 0.212. The fraction of sp³-hybridized carbons (Fsp3) is 0.357. The first-order valence-electron chi connectivity index (χ1n) is 6.51. The van der Waals surface area contributed by atoms with Crippen molar-refractivity contribution in [1.29, 1.82) is 5.26 Å². The number of nitrogens with one attached hydrogen (secondary N) is 1. The van der Waals surface area contributed by atoms with E-state index in [1.54, 1.807) is 18.4 Å². The van der Waals surface area contributed by atoms with E-state index in [0.29, 0.717) is 11.7 Å². The minimum atomic E-state index is 0.212. The van der Waals surface area contributed by atoms with Crippen LogP contribution in [0.4, 0.5) is 5.88 Å². The molecule has 0 fully saturated rings. The molecule has 0 spiro atoms. The van der Waals surface area contributed by atoms with Gasteiger partial charge in [-0.3, -0.25) is 0 Å². The quantitative estimate of drug-likeness (QED) is 0.642. The van der Waals surface area contributed by atoms with Crippen molar-refractivity contribution in [2.75, 3.05) is 5.43 Å². The fourth-order valence-electron chi connectivity index (χ4n) is 1.82. The average molecular weight is 272 g/mol. The van der Waals surface area contributed by atoms with E-state index in [1.165, 1.54) is 6.21 Å². The summed E-state index contributed by atoms with van der Waals surface area (Å²) in [6.07, 6.45) is 4.89. The van der Waals surface area contributed by atoms with E-state index in [0.717, 1.165) is 12.8 Å². The standard InChI is InChI=1S/C14H16N4O2/c1-3-10(4-2)13-17-12(8-15)14(20-13)18-16-9-11-6-5-7-19-11/h5-7,9-10,18H,3-4H2,1-2H3. The number of hydrogen-bond donors (Lipinski definition) is 1. The first kappa shape index (κ1) is 13.9. The molecule has 2 aromatic rings.